The van der Waals surface area contributed by atoms with Gasteiger partial charge >= 0.3 is 0 Å². The van der Waals surface area contributed by atoms with Crippen LogP contribution in [0.4, 0.5) is 4.39 Å². The van der Waals surface area contributed by atoms with Gasteiger partial charge in [-0.1, -0.05) is 48.5 Å². The van der Waals surface area contributed by atoms with E-state index in [1.54, 1.807) is 12.1 Å². The Morgan fingerprint density at radius 1 is 1.09 bits per heavy atom. The zero-order chi connectivity index (χ0) is 16.1. The molecule has 120 valence electrons. The Morgan fingerprint density at radius 2 is 1.78 bits per heavy atom. The number of nitrogens with one attached hydrogen (secondary N) is 1. The Morgan fingerprint density at radius 3 is 2.48 bits per heavy atom. The SMILES string of the molecule is O=C(CN(Cc1ccccc1F)C1CC1)NCc1ccccc1. The lowest BCUT2D eigenvalue weighted by molar-refractivity contribution is -0.122. The lowest BCUT2D eigenvalue weighted by Crippen LogP contribution is -2.38. The number of carbonyl (C=O) groups excluding carboxylic acids is 1. The minimum Gasteiger partial charge on any atom is -0.351 e. The van der Waals surface area contributed by atoms with Crippen LogP contribution >= 0.6 is 0 Å². The highest BCUT2D eigenvalue weighted by atomic mass is 19.1. The molecule has 3 nitrogen and oxygen atoms in total. The highest BCUT2D eigenvalue weighted by Crippen LogP contribution is 2.28. The molecule has 4 heteroatoms. The Kier molecular flexibility index (Phi) is 5.03. The van der Waals surface area contributed by atoms with Gasteiger partial charge in [-0.05, 0) is 24.5 Å². The highest BCUT2D eigenvalue weighted by Gasteiger charge is 2.30. The van der Waals surface area contributed by atoms with Crippen LogP contribution in [-0.4, -0.2) is 23.4 Å². The fraction of sp³-hybridized carbons (Fsp3) is 0.316. The second kappa shape index (κ2) is 7.38. The smallest absolute Gasteiger partial charge is 0.234 e. The van der Waals surface area contributed by atoms with Crippen molar-refractivity contribution in [1.29, 1.82) is 0 Å². The average molecular weight is 312 g/mol. The first-order valence-electron chi connectivity index (χ1n) is 8.00. The molecule has 3 rings (SSSR count). The van der Waals surface area contributed by atoms with E-state index in [9.17, 15) is 9.18 Å². The first-order valence-corrected chi connectivity index (χ1v) is 8.00. The van der Waals surface area contributed by atoms with Crippen molar-refractivity contribution in [2.75, 3.05) is 6.54 Å². The van der Waals surface area contributed by atoms with Crippen LogP contribution in [-0.2, 0) is 17.9 Å². The topological polar surface area (TPSA) is 32.3 Å². The largest absolute Gasteiger partial charge is 0.351 e. The van der Waals surface area contributed by atoms with Crippen molar-refractivity contribution >= 4 is 5.91 Å². The lowest BCUT2D eigenvalue weighted by Gasteiger charge is -2.21. The van der Waals surface area contributed by atoms with Gasteiger partial charge < -0.3 is 5.32 Å². The monoisotopic (exact) mass is 312 g/mol. The molecule has 1 aliphatic carbocycles. The minimum atomic E-state index is -0.206. The number of amides is 1. The van der Waals surface area contributed by atoms with E-state index in [-0.39, 0.29) is 11.7 Å². The van der Waals surface area contributed by atoms with Gasteiger partial charge in [0.2, 0.25) is 5.91 Å². The third-order valence-corrected chi connectivity index (χ3v) is 4.07. The van der Waals surface area contributed by atoms with E-state index in [0.717, 1.165) is 18.4 Å². The molecule has 0 unspecified atom stereocenters. The summed E-state index contributed by atoms with van der Waals surface area (Å²) in [5.41, 5.74) is 1.73. The second-order valence-electron chi connectivity index (χ2n) is 5.99. The first-order chi connectivity index (χ1) is 11.2. The average Bonchev–Trinajstić information content (AvgIpc) is 3.40. The van der Waals surface area contributed by atoms with Crippen LogP contribution in [0.5, 0.6) is 0 Å². The molecule has 1 N–H and O–H groups in total. The van der Waals surface area contributed by atoms with E-state index in [2.05, 4.69) is 10.2 Å². The van der Waals surface area contributed by atoms with Crippen molar-refractivity contribution in [2.24, 2.45) is 0 Å². The molecule has 0 atom stereocenters. The number of rotatable bonds is 7. The zero-order valence-electron chi connectivity index (χ0n) is 13.0. The Hall–Kier alpha value is -2.20. The molecular weight excluding hydrogens is 291 g/mol. The standard InChI is InChI=1S/C19H21FN2O/c20-18-9-5-4-8-16(18)13-22(17-10-11-17)14-19(23)21-12-15-6-2-1-3-7-15/h1-9,17H,10-14H2,(H,21,23). The van der Waals surface area contributed by atoms with Gasteiger partial charge in [0.15, 0.2) is 0 Å². The molecule has 1 aliphatic rings. The van der Waals surface area contributed by atoms with Gasteiger partial charge in [0, 0.05) is 24.7 Å². The number of benzene rings is 2. The van der Waals surface area contributed by atoms with Gasteiger partial charge in [0.05, 0.1) is 6.54 Å². The summed E-state index contributed by atoms with van der Waals surface area (Å²) in [6, 6.07) is 17.0. The fourth-order valence-corrected chi connectivity index (χ4v) is 2.64. The molecule has 23 heavy (non-hydrogen) atoms. The highest BCUT2D eigenvalue weighted by molar-refractivity contribution is 5.78. The molecule has 0 aliphatic heterocycles. The summed E-state index contributed by atoms with van der Waals surface area (Å²) in [4.78, 5) is 14.3. The maximum atomic E-state index is 13.8. The van der Waals surface area contributed by atoms with Crippen LogP contribution in [0.15, 0.2) is 54.6 Å². The van der Waals surface area contributed by atoms with Gasteiger partial charge in [-0.3, -0.25) is 9.69 Å². The van der Waals surface area contributed by atoms with Crippen LogP contribution in [0, 0.1) is 5.82 Å². The van der Waals surface area contributed by atoms with E-state index in [1.165, 1.54) is 6.07 Å². The maximum Gasteiger partial charge on any atom is 0.234 e. The summed E-state index contributed by atoms with van der Waals surface area (Å²) in [6.45, 7) is 1.32. The van der Waals surface area contributed by atoms with Gasteiger partial charge in [0.25, 0.3) is 0 Å². The molecule has 0 spiro atoms. The Balaban J connectivity index is 1.55. The Labute approximate surface area is 136 Å². The van der Waals surface area contributed by atoms with Crippen molar-refractivity contribution in [3.63, 3.8) is 0 Å². The predicted molar refractivity (Wildman–Crippen MR) is 88.1 cm³/mol. The summed E-state index contributed by atoms with van der Waals surface area (Å²) < 4.78 is 13.8. The normalized spacial score (nSPS) is 14.0. The molecule has 0 heterocycles. The van der Waals surface area contributed by atoms with Crippen LogP contribution in [0.1, 0.15) is 24.0 Å². The molecule has 2 aromatic carbocycles. The van der Waals surface area contributed by atoms with E-state index in [4.69, 9.17) is 0 Å². The molecule has 2 aromatic rings. The predicted octanol–water partition coefficient (Wildman–Crippen LogP) is 3.11. The van der Waals surface area contributed by atoms with Crippen LogP contribution < -0.4 is 5.32 Å². The number of hydrogen-bond donors (Lipinski definition) is 1. The quantitative estimate of drug-likeness (QED) is 0.852. The van der Waals surface area contributed by atoms with E-state index in [1.807, 2.05) is 36.4 Å². The summed E-state index contributed by atoms with van der Waals surface area (Å²) in [7, 11) is 0. The van der Waals surface area contributed by atoms with Crippen molar-refractivity contribution in [3.05, 3.63) is 71.5 Å². The number of halogens is 1. The van der Waals surface area contributed by atoms with Crippen molar-refractivity contribution in [2.45, 2.75) is 32.0 Å². The molecule has 1 saturated carbocycles. The molecule has 0 radical (unpaired) electrons. The molecular formula is C19H21FN2O. The van der Waals surface area contributed by atoms with E-state index < -0.39 is 0 Å². The zero-order valence-corrected chi connectivity index (χ0v) is 13.0. The van der Waals surface area contributed by atoms with Gasteiger partial charge in [0.1, 0.15) is 5.82 Å². The first kappa shape index (κ1) is 15.7. The summed E-state index contributed by atoms with van der Waals surface area (Å²) >= 11 is 0. The van der Waals surface area contributed by atoms with Crippen molar-refractivity contribution in [1.82, 2.24) is 10.2 Å². The maximum absolute atomic E-state index is 13.8. The van der Waals surface area contributed by atoms with Crippen LogP contribution in [0.25, 0.3) is 0 Å². The molecule has 1 fully saturated rings. The van der Waals surface area contributed by atoms with Crippen molar-refractivity contribution in [3.8, 4) is 0 Å². The summed E-state index contributed by atoms with van der Waals surface area (Å²) in [5, 5.41) is 2.94. The molecule has 0 aromatic heterocycles. The van der Waals surface area contributed by atoms with Crippen LogP contribution in [0.3, 0.4) is 0 Å². The van der Waals surface area contributed by atoms with Crippen molar-refractivity contribution < 1.29 is 9.18 Å². The van der Waals surface area contributed by atoms with Gasteiger partial charge in [-0.25, -0.2) is 4.39 Å². The second-order valence-corrected chi connectivity index (χ2v) is 5.99. The molecule has 0 bridgehead atoms. The third-order valence-electron chi connectivity index (χ3n) is 4.07. The van der Waals surface area contributed by atoms with E-state index >= 15 is 0 Å². The third kappa shape index (κ3) is 4.63. The van der Waals surface area contributed by atoms with E-state index in [0.29, 0.717) is 31.2 Å². The van der Waals surface area contributed by atoms with Crippen LogP contribution in [0.2, 0.25) is 0 Å². The number of hydrogen-bond acceptors (Lipinski definition) is 2. The summed E-state index contributed by atoms with van der Waals surface area (Å²) in [5.74, 6) is -0.222. The number of nitrogens with zero attached hydrogens (tertiary/aromatic N) is 1. The van der Waals surface area contributed by atoms with Gasteiger partial charge in [-0.15, -0.1) is 0 Å². The molecule has 0 saturated heterocycles. The minimum absolute atomic E-state index is 0.0166. The van der Waals surface area contributed by atoms with Gasteiger partial charge in [-0.2, -0.15) is 0 Å². The fourth-order valence-electron chi connectivity index (χ4n) is 2.64. The Bertz CT molecular complexity index is 655. The lowest BCUT2D eigenvalue weighted by atomic mass is 10.2. The molecule has 1 amide bonds. The summed E-state index contributed by atoms with van der Waals surface area (Å²) in [6.07, 6.45) is 2.17. The number of carbonyl (C=O) groups is 1.